The van der Waals surface area contributed by atoms with E-state index >= 15 is 0 Å². The number of pyridine rings is 1. The molecule has 0 saturated carbocycles. The van der Waals surface area contributed by atoms with E-state index in [2.05, 4.69) is 4.98 Å². The molecule has 0 fully saturated rings. The number of halogens is 1. The fourth-order valence-electron chi connectivity index (χ4n) is 2.47. The van der Waals surface area contributed by atoms with E-state index in [1.165, 1.54) is 0 Å². The van der Waals surface area contributed by atoms with Gasteiger partial charge >= 0.3 is 0 Å². The number of nitrogens with two attached hydrogens (primary N) is 1. The van der Waals surface area contributed by atoms with Gasteiger partial charge in [-0.15, -0.1) is 0 Å². The first-order chi connectivity index (χ1) is 12.5. The summed E-state index contributed by atoms with van der Waals surface area (Å²) in [5.74, 6) is 1.78. The molecule has 0 unspecified atom stereocenters. The molecule has 1 heterocycles. The molecule has 0 atom stereocenters. The van der Waals surface area contributed by atoms with E-state index in [1.54, 1.807) is 17.2 Å². The quantitative estimate of drug-likeness (QED) is 0.505. The largest absolute Gasteiger partial charge is 0.457 e. The maximum absolute atomic E-state index is 7.93. The van der Waals surface area contributed by atoms with Crippen molar-refractivity contribution < 1.29 is 4.74 Å². The van der Waals surface area contributed by atoms with E-state index in [4.69, 9.17) is 27.5 Å². The summed E-state index contributed by atoms with van der Waals surface area (Å²) in [5, 5.41) is 8.47. The van der Waals surface area contributed by atoms with Gasteiger partial charge < -0.3 is 10.5 Å². The average Bonchev–Trinajstić information content (AvgIpc) is 2.63. The summed E-state index contributed by atoms with van der Waals surface area (Å²) in [4.78, 5) is 5.94. The predicted molar refractivity (Wildman–Crippen MR) is 105 cm³/mol. The van der Waals surface area contributed by atoms with Crippen molar-refractivity contribution in [3.05, 3.63) is 83.0 Å². The Kier molecular flexibility index (Phi) is 5.39. The Morgan fingerprint density at radius 1 is 1.12 bits per heavy atom. The third kappa shape index (κ3) is 4.13. The Labute approximate surface area is 157 Å². The standard InChI is InChI=1S/C20H19ClN4O/c1-14-10-11-19(24-12-14)25(20(22)23)13-16-17(21)8-5-9-18(16)26-15-6-3-2-4-7-15/h2-12H,13H2,1H3,(H3,22,23). The van der Waals surface area contributed by atoms with Crippen molar-refractivity contribution in [2.24, 2.45) is 5.73 Å². The van der Waals surface area contributed by atoms with Crippen molar-refractivity contribution in [1.82, 2.24) is 4.98 Å². The normalized spacial score (nSPS) is 10.4. The van der Waals surface area contributed by atoms with Crippen LogP contribution in [0.5, 0.6) is 11.5 Å². The van der Waals surface area contributed by atoms with Crippen LogP contribution in [-0.4, -0.2) is 10.9 Å². The van der Waals surface area contributed by atoms with Crippen LogP contribution in [0.25, 0.3) is 0 Å². The molecule has 0 saturated heterocycles. The van der Waals surface area contributed by atoms with Gasteiger partial charge in [-0.1, -0.05) is 41.9 Å². The van der Waals surface area contributed by atoms with E-state index < -0.39 is 0 Å². The molecular weight excluding hydrogens is 348 g/mol. The number of guanidine groups is 1. The molecule has 0 spiro atoms. The van der Waals surface area contributed by atoms with Gasteiger partial charge in [0.1, 0.15) is 17.3 Å². The van der Waals surface area contributed by atoms with Crippen LogP contribution in [0.4, 0.5) is 5.82 Å². The van der Waals surface area contributed by atoms with Crippen LogP contribution in [0.3, 0.4) is 0 Å². The van der Waals surface area contributed by atoms with Gasteiger partial charge in [-0.05, 0) is 42.8 Å². The molecule has 132 valence electrons. The van der Waals surface area contributed by atoms with Crippen LogP contribution in [0.1, 0.15) is 11.1 Å². The van der Waals surface area contributed by atoms with Gasteiger partial charge in [0, 0.05) is 16.8 Å². The van der Waals surface area contributed by atoms with Crippen LogP contribution in [0.15, 0.2) is 66.9 Å². The molecule has 0 amide bonds. The zero-order chi connectivity index (χ0) is 18.5. The highest BCUT2D eigenvalue weighted by atomic mass is 35.5. The lowest BCUT2D eigenvalue weighted by Crippen LogP contribution is -2.36. The zero-order valence-electron chi connectivity index (χ0n) is 14.3. The molecular formula is C20H19ClN4O. The smallest absolute Gasteiger partial charge is 0.194 e. The number of anilines is 1. The molecule has 0 bridgehead atoms. The SMILES string of the molecule is Cc1ccc(N(Cc2c(Cl)cccc2Oc2ccccc2)C(=N)N)nc1. The Balaban J connectivity index is 1.94. The molecule has 3 aromatic rings. The molecule has 3 rings (SSSR count). The maximum atomic E-state index is 7.93. The molecule has 6 heteroatoms. The number of aryl methyl sites for hydroxylation is 1. The average molecular weight is 367 g/mol. The van der Waals surface area contributed by atoms with Gasteiger partial charge in [0.15, 0.2) is 5.96 Å². The Hall–Kier alpha value is -3.05. The fourth-order valence-corrected chi connectivity index (χ4v) is 2.70. The molecule has 0 aliphatic rings. The molecule has 0 radical (unpaired) electrons. The van der Waals surface area contributed by atoms with Gasteiger partial charge in [-0.25, -0.2) is 4.98 Å². The fraction of sp³-hybridized carbons (Fsp3) is 0.100. The van der Waals surface area contributed by atoms with Gasteiger partial charge in [0.2, 0.25) is 0 Å². The second-order valence-electron chi connectivity index (χ2n) is 5.80. The van der Waals surface area contributed by atoms with Gasteiger partial charge in [0.25, 0.3) is 0 Å². The van der Waals surface area contributed by atoms with Crippen molar-refractivity contribution >= 4 is 23.4 Å². The van der Waals surface area contributed by atoms with E-state index in [-0.39, 0.29) is 12.5 Å². The number of hydrogen-bond acceptors (Lipinski definition) is 3. The summed E-state index contributed by atoms with van der Waals surface area (Å²) in [6, 6.07) is 18.7. The molecule has 0 aliphatic heterocycles. The van der Waals surface area contributed by atoms with E-state index in [1.807, 2.05) is 61.5 Å². The van der Waals surface area contributed by atoms with E-state index in [9.17, 15) is 0 Å². The third-order valence-electron chi connectivity index (χ3n) is 3.83. The number of rotatable bonds is 5. The topological polar surface area (TPSA) is 75.2 Å². The molecule has 2 aromatic carbocycles. The van der Waals surface area contributed by atoms with E-state index in [0.717, 1.165) is 11.1 Å². The third-order valence-corrected chi connectivity index (χ3v) is 4.18. The van der Waals surface area contributed by atoms with Gasteiger partial charge in [0.05, 0.1) is 6.54 Å². The summed E-state index contributed by atoms with van der Waals surface area (Å²) in [6.45, 7) is 2.22. The molecule has 1 aromatic heterocycles. The van der Waals surface area contributed by atoms with Crippen molar-refractivity contribution in [3.8, 4) is 11.5 Å². The van der Waals surface area contributed by atoms with Crippen LogP contribution >= 0.6 is 11.6 Å². The zero-order valence-corrected chi connectivity index (χ0v) is 15.1. The monoisotopic (exact) mass is 366 g/mol. The second kappa shape index (κ2) is 7.89. The maximum Gasteiger partial charge on any atom is 0.194 e. The number of ether oxygens (including phenoxy) is 1. The molecule has 0 aliphatic carbocycles. The lowest BCUT2D eigenvalue weighted by molar-refractivity contribution is 0.476. The Morgan fingerprint density at radius 2 is 1.88 bits per heavy atom. The number of hydrogen-bond donors (Lipinski definition) is 2. The highest BCUT2D eigenvalue weighted by Gasteiger charge is 2.17. The first kappa shape index (κ1) is 17.8. The second-order valence-corrected chi connectivity index (χ2v) is 6.20. The van der Waals surface area contributed by atoms with Crippen LogP contribution < -0.4 is 15.4 Å². The first-order valence-corrected chi connectivity index (χ1v) is 8.47. The number of para-hydroxylation sites is 1. The summed E-state index contributed by atoms with van der Waals surface area (Å²) >= 11 is 6.42. The number of aromatic nitrogens is 1. The summed E-state index contributed by atoms with van der Waals surface area (Å²) in [6.07, 6.45) is 1.74. The Morgan fingerprint density at radius 3 is 2.54 bits per heavy atom. The summed E-state index contributed by atoms with van der Waals surface area (Å²) in [5.41, 5.74) is 7.56. The number of benzene rings is 2. The van der Waals surface area contributed by atoms with Crippen LogP contribution in [0, 0.1) is 12.3 Å². The van der Waals surface area contributed by atoms with Crippen LogP contribution in [-0.2, 0) is 6.54 Å². The van der Waals surface area contributed by atoms with Crippen molar-refractivity contribution in [3.63, 3.8) is 0 Å². The first-order valence-electron chi connectivity index (χ1n) is 8.09. The van der Waals surface area contributed by atoms with Crippen molar-refractivity contribution in [2.45, 2.75) is 13.5 Å². The molecule has 5 nitrogen and oxygen atoms in total. The Bertz CT molecular complexity index is 897. The van der Waals surface area contributed by atoms with Gasteiger partial charge in [-0.3, -0.25) is 10.3 Å². The molecule has 26 heavy (non-hydrogen) atoms. The molecule has 3 N–H and O–H groups in total. The van der Waals surface area contributed by atoms with Crippen molar-refractivity contribution in [1.29, 1.82) is 5.41 Å². The minimum atomic E-state index is -0.119. The predicted octanol–water partition coefficient (Wildman–Crippen LogP) is 4.74. The summed E-state index contributed by atoms with van der Waals surface area (Å²) < 4.78 is 5.98. The number of nitrogens with one attached hydrogen (secondary N) is 1. The summed E-state index contributed by atoms with van der Waals surface area (Å²) in [7, 11) is 0. The van der Waals surface area contributed by atoms with Gasteiger partial charge in [-0.2, -0.15) is 0 Å². The lowest BCUT2D eigenvalue weighted by atomic mass is 10.1. The number of nitrogens with zero attached hydrogens (tertiary/aromatic N) is 2. The van der Waals surface area contributed by atoms with Crippen molar-refractivity contribution in [2.75, 3.05) is 4.90 Å². The minimum Gasteiger partial charge on any atom is -0.457 e. The van der Waals surface area contributed by atoms with E-state index in [0.29, 0.717) is 22.3 Å². The lowest BCUT2D eigenvalue weighted by Gasteiger charge is -2.23. The van der Waals surface area contributed by atoms with Crippen LogP contribution in [0.2, 0.25) is 5.02 Å². The highest BCUT2D eigenvalue weighted by Crippen LogP contribution is 2.32. The minimum absolute atomic E-state index is 0.119. The highest BCUT2D eigenvalue weighted by molar-refractivity contribution is 6.31.